The van der Waals surface area contributed by atoms with Crippen molar-refractivity contribution in [3.63, 3.8) is 0 Å². The average molecular weight is 416 g/mol. The molecule has 0 aliphatic rings. The number of carbonyl (C=O) groups is 1. The number of nitrogens with zero attached hydrogens (tertiary/aromatic N) is 3. The molecule has 1 heterocycles. The van der Waals surface area contributed by atoms with Crippen molar-refractivity contribution < 1.29 is 15.0 Å². The molecule has 0 saturated carbocycles. The predicted molar refractivity (Wildman–Crippen MR) is 82.3 cm³/mol. The topological polar surface area (TPSA) is 108 Å². The molecule has 2 rings (SSSR count). The first-order valence-corrected chi connectivity index (χ1v) is 7.08. The van der Waals surface area contributed by atoms with E-state index < -0.39 is 5.91 Å². The minimum atomic E-state index is -0.532. The number of nitrogens with one attached hydrogen (secondary N) is 1. The van der Waals surface area contributed by atoms with Crippen LogP contribution >= 0.6 is 31.9 Å². The van der Waals surface area contributed by atoms with Gasteiger partial charge in [0.05, 0.1) is 16.9 Å². The molecule has 9 heteroatoms. The fraction of sp³-hybridized carbons (Fsp3) is 0. The second kappa shape index (κ2) is 6.64. The minimum Gasteiger partial charge on any atom is -0.506 e. The fourth-order valence-electron chi connectivity index (χ4n) is 1.35. The molecule has 0 aliphatic carbocycles. The lowest BCUT2D eigenvalue weighted by molar-refractivity contribution is 0.0949. The number of carbonyl (C=O) groups excluding carboxylic acids is 1. The molecular weight excluding hydrogens is 408 g/mol. The van der Waals surface area contributed by atoms with Crippen molar-refractivity contribution in [2.45, 2.75) is 0 Å². The molecule has 0 spiro atoms. The lowest BCUT2D eigenvalue weighted by Gasteiger charge is -2.06. The molecule has 3 N–H and O–H groups in total. The van der Waals surface area contributed by atoms with Gasteiger partial charge in [0.1, 0.15) is 21.7 Å². The molecule has 0 radical (unpaired) electrons. The van der Waals surface area contributed by atoms with Gasteiger partial charge in [0.15, 0.2) is 0 Å². The Morgan fingerprint density at radius 1 is 1.29 bits per heavy atom. The molecule has 1 amide bonds. The van der Waals surface area contributed by atoms with Crippen molar-refractivity contribution >= 4 is 44.0 Å². The molecule has 2 aromatic rings. The van der Waals surface area contributed by atoms with Gasteiger partial charge in [0.25, 0.3) is 5.91 Å². The van der Waals surface area contributed by atoms with Gasteiger partial charge in [-0.2, -0.15) is 5.10 Å². The fourth-order valence-corrected chi connectivity index (χ4v) is 2.50. The van der Waals surface area contributed by atoms with E-state index in [0.717, 1.165) is 0 Å². The Labute approximate surface area is 136 Å². The number of aromatic hydroxyl groups is 2. The van der Waals surface area contributed by atoms with E-state index >= 15 is 0 Å². The summed E-state index contributed by atoms with van der Waals surface area (Å²) in [5.74, 6) is -0.864. The summed E-state index contributed by atoms with van der Waals surface area (Å²) < 4.78 is 0.493. The molecule has 0 fully saturated rings. The second-order valence-corrected chi connectivity index (χ2v) is 5.40. The Balaban J connectivity index is 2.14. The summed E-state index contributed by atoms with van der Waals surface area (Å²) in [7, 11) is 0. The van der Waals surface area contributed by atoms with Crippen LogP contribution in [0.3, 0.4) is 0 Å². The van der Waals surface area contributed by atoms with Crippen molar-refractivity contribution in [2.24, 2.45) is 5.10 Å². The molecule has 0 aliphatic heterocycles. The van der Waals surface area contributed by atoms with Crippen molar-refractivity contribution in [1.29, 1.82) is 0 Å². The van der Waals surface area contributed by atoms with E-state index in [1.54, 1.807) is 0 Å². The molecule has 0 bridgehead atoms. The van der Waals surface area contributed by atoms with Crippen LogP contribution in [0.25, 0.3) is 0 Å². The van der Waals surface area contributed by atoms with E-state index in [2.05, 4.69) is 52.4 Å². The summed E-state index contributed by atoms with van der Waals surface area (Å²) in [6.45, 7) is 0. The predicted octanol–water partition coefficient (Wildman–Crippen LogP) is 2.18. The van der Waals surface area contributed by atoms with Crippen molar-refractivity contribution in [3.8, 4) is 11.5 Å². The molecule has 21 heavy (non-hydrogen) atoms. The van der Waals surface area contributed by atoms with Crippen LogP contribution in [0.15, 0.2) is 38.7 Å². The Bertz CT molecular complexity index is 707. The van der Waals surface area contributed by atoms with Crippen LogP contribution in [0.5, 0.6) is 11.5 Å². The zero-order valence-electron chi connectivity index (χ0n) is 10.3. The number of amides is 1. The van der Waals surface area contributed by atoms with Gasteiger partial charge in [0.2, 0.25) is 0 Å². The van der Waals surface area contributed by atoms with Crippen LogP contribution in [-0.4, -0.2) is 32.3 Å². The number of hydrogen-bond acceptors (Lipinski definition) is 6. The van der Waals surface area contributed by atoms with E-state index in [4.69, 9.17) is 0 Å². The summed E-state index contributed by atoms with van der Waals surface area (Å²) in [6.07, 6.45) is 5.37. The number of phenols is 2. The first kappa shape index (κ1) is 15.4. The highest BCUT2D eigenvalue weighted by atomic mass is 79.9. The Hall–Kier alpha value is -2.00. The van der Waals surface area contributed by atoms with Crippen molar-refractivity contribution in [1.82, 2.24) is 15.4 Å². The molecule has 0 saturated heterocycles. The maximum absolute atomic E-state index is 11.7. The summed E-state index contributed by atoms with van der Waals surface area (Å²) in [5.41, 5.74) is 2.67. The van der Waals surface area contributed by atoms with Gasteiger partial charge >= 0.3 is 0 Å². The largest absolute Gasteiger partial charge is 0.506 e. The van der Waals surface area contributed by atoms with Crippen LogP contribution in [0.1, 0.15) is 16.1 Å². The second-order valence-electron chi connectivity index (χ2n) is 3.75. The Kier molecular flexibility index (Phi) is 4.86. The normalized spacial score (nSPS) is 10.8. The third-order valence-electron chi connectivity index (χ3n) is 2.36. The van der Waals surface area contributed by atoms with Crippen molar-refractivity contribution in [2.75, 3.05) is 0 Å². The van der Waals surface area contributed by atoms with E-state index in [1.807, 2.05) is 0 Å². The van der Waals surface area contributed by atoms with Crippen molar-refractivity contribution in [3.05, 3.63) is 44.9 Å². The van der Waals surface area contributed by atoms with Gasteiger partial charge in [0, 0.05) is 18.0 Å². The molecule has 108 valence electrons. The summed E-state index contributed by atoms with van der Waals surface area (Å²) in [5, 5.41) is 23.1. The van der Waals surface area contributed by atoms with Crippen LogP contribution in [-0.2, 0) is 0 Å². The lowest BCUT2D eigenvalue weighted by Crippen LogP contribution is -2.19. The van der Waals surface area contributed by atoms with Gasteiger partial charge in [-0.25, -0.2) is 10.4 Å². The number of hydrogen-bond donors (Lipinski definition) is 3. The van der Waals surface area contributed by atoms with E-state index in [1.165, 1.54) is 30.9 Å². The Morgan fingerprint density at radius 3 is 2.71 bits per heavy atom. The summed E-state index contributed by atoms with van der Waals surface area (Å²) >= 11 is 6.17. The molecule has 1 aromatic heterocycles. The lowest BCUT2D eigenvalue weighted by atomic mass is 10.2. The first-order valence-electron chi connectivity index (χ1n) is 5.50. The van der Waals surface area contributed by atoms with Gasteiger partial charge in [-0.3, -0.25) is 9.78 Å². The van der Waals surface area contributed by atoms with Crippen LogP contribution in [0.2, 0.25) is 0 Å². The Morgan fingerprint density at radius 2 is 2.05 bits per heavy atom. The highest BCUT2D eigenvalue weighted by Gasteiger charge is 2.13. The quantitative estimate of drug-likeness (QED) is 0.526. The SMILES string of the molecule is O=C(N/N=C\c1cc(Br)c(O)c(Br)c1O)c1cnccn1. The minimum absolute atomic E-state index is 0.118. The van der Waals surface area contributed by atoms with Gasteiger partial charge in [-0.15, -0.1) is 0 Å². The summed E-state index contributed by atoms with van der Waals surface area (Å²) in [4.78, 5) is 19.2. The van der Waals surface area contributed by atoms with Gasteiger partial charge in [-0.05, 0) is 37.9 Å². The third kappa shape index (κ3) is 3.56. The first-order chi connectivity index (χ1) is 10.0. The van der Waals surface area contributed by atoms with Gasteiger partial charge in [-0.1, -0.05) is 0 Å². The number of aromatic nitrogens is 2. The maximum atomic E-state index is 11.7. The zero-order chi connectivity index (χ0) is 15.4. The maximum Gasteiger partial charge on any atom is 0.291 e. The highest BCUT2D eigenvalue weighted by Crippen LogP contribution is 2.40. The summed E-state index contributed by atoms with van der Waals surface area (Å²) in [6, 6.07) is 1.45. The molecular formula is C12H8Br2N4O3. The number of rotatable bonds is 3. The average Bonchev–Trinajstić information content (AvgIpc) is 2.51. The van der Waals surface area contributed by atoms with Crippen LogP contribution in [0.4, 0.5) is 0 Å². The molecule has 1 aromatic carbocycles. The zero-order valence-corrected chi connectivity index (χ0v) is 13.5. The van der Waals surface area contributed by atoms with E-state index in [9.17, 15) is 15.0 Å². The van der Waals surface area contributed by atoms with Crippen LogP contribution < -0.4 is 5.43 Å². The standard InChI is InChI=1S/C12H8Br2N4O3/c13-7-3-6(10(19)9(14)11(7)20)4-17-18-12(21)8-5-15-1-2-16-8/h1-5,19-20H,(H,18,21)/b17-4-. The molecule has 0 unspecified atom stereocenters. The number of halogens is 2. The highest BCUT2D eigenvalue weighted by molar-refractivity contribution is 9.11. The third-order valence-corrected chi connectivity index (χ3v) is 3.72. The number of hydrazone groups is 1. The van der Waals surface area contributed by atoms with Crippen LogP contribution in [0, 0.1) is 0 Å². The monoisotopic (exact) mass is 414 g/mol. The molecule has 0 atom stereocenters. The smallest absolute Gasteiger partial charge is 0.291 e. The number of benzene rings is 1. The van der Waals surface area contributed by atoms with E-state index in [-0.39, 0.29) is 21.7 Å². The molecule has 7 nitrogen and oxygen atoms in total. The number of phenolic OH excluding ortho intramolecular Hbond substituents is 2. The van der Waals surface area contributed by atoms with Gasteiger partial charge < -0.3 is 10.2 Å². The van der Waals surface area contributed by atoms with E-state index in [0.29, 0.717) is 10.0 Å².